The second-order valence-corrected chi connectivity index (χ2v) is 5.53. The Kier molecular flexibility index (Phi) is 5.70. The van der Waals surface area contributed by atoms with E-state index in [2.05, 4.69) is 26.2 Å². The van der Waals surface area contributed by atoms with Crippen LogP contribution in [0, 0.1) is 5.82 Å². The summed E-state index contributed by atoms with van der Waals surface area (Å²) in [7, 11) is 1.63. The van der Waals surface area contributed by atoms with E-state index in [0.29, 0.717) is 12.0 Å². The SMILES string of the molecule is CCNC(Cc1ccc(OC)c(Br)c1)c1ccncc1F. The van der Waals surface area contributed by atoms with Crippen LogP contribution < -0.4 is 10.1 Å². The van der Waals surface area contributed by atoms with Gasteiger partial charge in [0.25, 0.3) is 0 Å². The summed E-state index contributed by atoms with van der Waals surface area (Å²) in [6, 6.07) is 7.54. The van der Waals surface area contributed by atoms with Crippen LogP contribution in [0.3, 0.4) is 0 Å². The average molecular weight is 353 g/mol. The zero-order valence-electron chi connectivity index (χ0n) is 12.1. The highest BCUT2D eigenvalue weighted by Crippen LogP contribution is 2.28. The van der Waals surface area contributed by atoms with E-state index in [0.717, 1.165) is 22.3 Å². The molecule has 2 aromatic rings. The summed E-state index contributed by atoms with van der Waals surface area (Å²) >= 11 is 3.48. The summed E-state index contributed by atoms with van der Waals surface area (Å²) < 4.78 is 20.1. The van der Waals surface area contributed by atoms with Gasteiger partial charge in [-0.25, -0.2) is 4.39 Å². The first-order valence-corrected chi connectivity index (χ1v) is 7.60. The summed E-state index contributed by atoms with van der Waals surface area (Å²) in [5.74, 6) is 0.505. The Morgan fingerprint density at radius 2 is 2.19 bits per heavy atom. The van der Waals surface area contributed by atoms with Gasteiger partial charge in [-0.3, -0.25) is 4.98 Å². The third-order valence-electron chi connectivity index (χ3n) is 3.29. The normalized spacial score (nSPS) is 12.2. The van der Waals surface area contributed by atoms with Gasteiger partial charge in [0, 0.05) is 17.8 Å². The van der Waals surface area contributed by atoms with Crippen LogP contribution in [0.4, 0.5) is 4.39 Å². The molecule has 0 saturated carbocycles. The third kappa shape index (κ3) is 4.02. The van der Waals surface area contributed by atoms with Crippen molar-refractivity contribution in [3.63, 3.8) is 0 Å². The van der Waals surface area contributed by atoms with E-state index in [-0.39, 0.29) is 11.9 Å². The van der Waals surface area contributed by atoms with Crippen LogP contribution in [-0.2, 0) is 6.42 Å². The van der Waals surface area contributed by atoms with E-state index < -0.39 is 0 Å². The lowest BCUT2D eigenvalue weighted by molar-refractivity contribution is 0.411. The van der Waals surface area contributed by atoms with Crippen molar-refractivity contribution in [2.45, 2.75) is 19.4 Å². The van der Waals surface area contributed by atoms with Gasteiger partial charge < -0.3 is 10.1 Å². The monoisotopic (exact) mass is 352 g/mol. The number of likely N-dealkylation sites (N-methyl/N-ethyl adjacent to an activating group) is 1. The van der Waals surface area contributed by atoms with Crippen molar-refractivity contribution in [1.82, 2.24) is 10.3 Å². The Hall–Kier alpha value is -1.46. The molecule has 0 spiro atoms. The minimum absolute atomic E-state index is 0.0849. The van der Waals surface area contributed by atoms with Crippen LogP contribution in [0.25, 0.3) is 0 Å². The van der Waals surface area contributed by atoms with Crippen molar-refractivity contribution in [3.8, 4) is 5.75 Å². The van der Waals surface area contributed by atoms with E-state index in [1.807, 2.05) is 25.1 Å². The van der Waals surface area contributed by atoms with Gasteiger partial charge in [-0.2, -0.15) is 0 Å². The van der Waals surface area contributed by atoms with Crippen LogP contribution in [0.15, 0.2) is 41.1 Å². The third-order valence-corrected chi connectivity index (χ3v) is 3.91. The van der Waals surface area contributed by atoms with Gasteiger partial charge in [-0.1, -0.05) is 13.0 Å². The second kappa shape index (κ2) is 7.52. The number of rotatable bonds is 6. The fourth-order valence-corrected chi connectivity index (χ4v) is 2.87. The Morgan fingerprint density at radius 1 is 1.38 bits per heavy atom. The fourth-order valence-electron chi connectivity index (χ4n) is 2.28. The Morgan fingerprint density at radius 3 is 2.81 bits per heavy atom. The number of aromatic nitrogens is 1. The molecule has 21 heavy (non-hydrogen) atoms. The molecular weight excluding hydrogens is 335 g/mol. The highest BCUT2D eigenvalue weighted by molar-refractivity contribution is 9.10. The first-order valence-electron chi connectivity index (χ1n) is 6.81. The van der Waals surface area contributed by atoms with Crippen molar-refractivity contribution >= 4 is 15.9 Å². The average Bonchev–Trinajstić information content (AvgIpc) is 2.47. The molecule has 1 unspecified atom stereocenters. The fraction of sp³-hybridized carbons (Fsp3) is 0.312. The molecule has 0 radical (unpaired) electrons. The standard InChI is InChI=1S/C16H18BrFN2O/c1-3-20-15(12-6-7-19-10-14(12)18)9-11-4-5-16(21-2)13(17)8-11/h4-8,10,15,20H,3,9H2,1-2H3. The molecule has 0 aliphatic rings. The van der Waals surface area contributed by atoms with E-state index in [4.69, 9.17) is 4.74 Å². The lowest BCUT2D eigenvalue weighted by Gasteiger charge is -2.19. The predicted molar refractivity (Wildman–Crippen MR) is 85.0 cm³/mol. The molecule has 0 amide bonds. The predicted octanol–water partition coefficient (Wildman–Crippen LogP) is 3.89. The van der Waals surface area contributed by atoms with Crippen molar-refractivity contribution < 1.29 is 9.13 Å². The number of halogens is 2. The highest BCUT2D eigenvalue weighted by Gasteiger charge is 2.16. The van der Waals surface area contributed by atoms with E-state index in [1.54, 1.807) is 19.4 Å². The molecule has 0 aliphatic carbocycles. The topological polar surface area (TPSA) is 34.1 Å². The van der Waals surface area contributed by atoms with E-state index in [9.17, 15) is 4.39 Å². The van der Waals surface area contributed by atoms with Gasteiger partial charge in [-0.05, 0) is 52.7 Å². The van der Waals surface area contributed by atoms with Crippen LogP contribution in [0.1, 0.15) is 24.1 Å². The van der Waals surface area contributed by atoms with Crippen molar-refractivity contribution in [3.05, 3.63) is 58.1 Å². The summed E-state index contributed by atoms with van der Waals surface area (Å²) in [6.07, 6.45) is 3.56. The minimum Gasteiger partial charge on any atom is -0.496 e. The minimum atomic E-state index is -0.281. The maximum absolute atomic E-state index is 13.9. The molecular formula is C16H18BrFN2O. The Balaban J connectivity index is 2.24. The molecule has 0 aliphatic heterocycles. The van der Waals surface area contributed by atoms with Gasteiger partial charge in [0.2, 0.25) is 0 Å². The number of benzene rings is 1. The molecule has 0 bridgehead atoms. The van der Waals surface area contributed by atoms with Crippen LogP contribution in [-0.4, -0.2) is 18.6 Å². The number of pyridine rings is 1. The lowest BCUT2D eigenvalue weighted by atomic mass is 9.99. The first-order chi connectivity index (χ1) is 10.2. The summed E-state index contributed by atoms with van der Waals surface area (Å²) in [5.41, 5.74) is 1.74. The number of methoxy groups -OCH3 is 1. The maximum Gasteiger partial charge on any atom is 0.146 e. The van der Waals surface area contributed by atoms with Gasteiger partial charge >= 0.3 is 0 Å². The summed E-state index contributed by atoms with van der Waals surface area (Å²) in [6.45, 7) is 2.78. The van der Waals surface area contributed by atoms with Gasteiger partial charge in [-0.15, -0.1) is 0 Å². The molecule has 0 saturated heterocycles. The summed E-state index contributed by atoms with van der Waals surface area (Å²) in [5, 5.41) is 3.32. The Bertz CT molecular complexity index is 607. The first kappa shape index (κ1) is 15.9. The van der Waals surface area contributed by atoms with E-state index in [1.165, 1.54) is 6.20 Å². The zero-order chi connectivity index (χ0) is 15.2. The molecule has 1 aromatic carbocycles. The molecule has 1 aromatic heterocycles. The lowest BCUT2D eigenvalue weighted by Crippen LogP contribution is -2.24. The second-order valence-electron chi connectivity index (χ2n) is 4.68. The molecule has 3 nitrogen and oxygen atoms in total. The Labute approximate surface area is 132 Å². The molecule has 1 atom stereocenters. The van der Waals surface area contributed by atoms with Crippen LogP contribution in [0.5, 0.6) is 5.75 Å². The quantitative estimate of drug-likeness (QED) is 0.856. The van der Waals surface area contributed by atoms with Crippen molar-refractivity contribution in [2.75, 3.05) is 13.7 Å². The van der Waals surface area contributed by atoms with Crippen LogP contribution >= 0.6 is 15.9 Å². The number of ether oxygens (including phenoxy) is 1. The van der Waals surface area contributed by atoms with Crippen molar-refractivity contribution in [1.29, 1.82) is 0 Å². The number of nitrogens with one attached hydrogen (secondary N) is 1. The van der Waals surface area contributed by atoms with Crippen LogP contribution in [0.2, 0.25) is 0 Å². The largest absolute Gasteiger partial charge is 0.496 e. The highest BCUT2D eigenvalue weighted by atomic mass is 79.9. The van der Waals surface area contributed by atoms with Crippen molar-refractivity contribution in [2.24, 2.45) is 0 Å². The molecule has 1 heterocycles. The van der Waals surface area contributed by atoms with Gasteiger partial charge in [0.15, 0.2) is 0 Å². The maximum atomic E-state index is 13.9. The molecule has 5 heteroatoms. The molecule has 112 valence electrons. The number of hydrogen-bond donors (Lipinski definition) is 1. The van der Waals surface area contributed by atoms with E-state index >= 15 is 0 Å². The number of hydrogen-bond acceptors (Lipinski definition) is 3. The zero-order valence-corrected chi connectivity index (χ0v) is 13.7. The molecule has 1 N–H and O–H groups in total. The smallest absolute Gasteiger partial charge is 0.146 e. The number of nitrogens with zero attached hydrogens (tertiary/aromatic N) is 1. The van der Waals surface area contributed by atoms with Gasteiger partial charge in [0.1, 0.15) is 11.6 Å². The molecule has 2 rings (SSSR count). The van der Waals surface area contributed by atoms with Gasteiger partial charge in [0.05, 0.1) is 17.8 Å². The molecule has 0 fully saturated rings. The summed E-state index contributed by atoms with van der Waals surface area (Å²) in [4.78, 5) is 3.80.